The summed E-state index contributed by atoms with van der Waals surface area (Å²) < 4.78 is 22.8. The van der Waals surface area contributed by atoms with Gasteiger partial charge in [0.15, 0.2) is 0 Å². The second kappa shape index (κ2) is 10.4. The zero-order valence-electron chi connectivity index (χ0n) is 21.2. The number of amides is 1. The molecule has 0 aliphatic heterocycles. The number of rotatable bonds is 6. The summed E-state index contributed by atoms with van der Waals surface area (Å²) in [5.41, 5.74) is 1.85. The van der Waals surface area contributed by atoms with Gasteiger partial charge in [0, 0.05) is 24.1 Å². The van der Waals surface area contributed by atoms with E-state index in [4.69, 9.17) is 21.3 Å². The summed E-state index contributed by atoms with van der Waals surface area (Å²) in [5, 5.41) is 0.661. The minimum Gasteiger partial charge on any atom is -0.485 e. The van der Waals surface area contributed by atoms with Crippen LogP contribution >= 0.6 is 11.6 Å². The molecule has 5 nitrogen and oxygen atoms in total. The summed E-state index contributed by atoms with van der Waals surface area (Å²) in [7, 11) is 0. The molecule has 2 fully saturated rings. The largest absolute Gasteiger partial charge is 0.485 e. The number of ether oxygens (including phenoxy) is 1. The first-order chi connectivity index (χ1) is 17.4. The third-order valence-electron chi connectivity index (χ3n) is 7.98. The molecule has 5 rings (SSSR count). The molecule has 1 aromatic heterocycles. The van der Waals surface area contributed by atoms with Crippen molar-refractivity contribution < 1.29 is 13.9 Å². The molecule has 0 N–H and O–H groups in total. The molecule has 2 aliphatic rings. The number of aryl methyl sites for hydroxylation is 1. The van der Waals surface area contributed by atoms with Gasteiger partial charge in [-0.2, -0.15) is 0 Å². The van der Waals surface area contributed by atoms with E-state index in [1.54, 1.807) is 6.92 Å². The molecule has 192 valence electrons. The van der Waals surface area contributed by atoms with Crippen molar-refractivity contribution in [2.24, 2.45) is 0 Å². The topological polar surface area (TPSA) is 47.4 Å². The van der Waals surface area contributed by atoms with Gasteiger partial charge in [-0.15, -0.1) is 0 Å². The van der Waals surface area contributed by atoms with Gasteiger partial charge in [0.25, 0.3) is 0 Å². The standard InChI is InChI=1S/C29H35ClFN3O2/c1-20-17-22(30)11-14-27(20)36-19-28-32-25-18-23(31)12-13-26(25)34(28)29(15-7-3-4-8-16-29)33(21(2)35)24-9-5-6-10-24/h11-14,17-18,24H,3-10,15-16,19H2,1-2H3. The molecule has 0 unspecified atom stereocenters. The molecule has 0 radical (unpaired) electrons. The molecule has 0 spiro atoms. The molecular weight excluding hydrogens is 477 g/mol. The highest BCUT2D eigenvalue weighted by atomic mass is 35.5. The fourth-order valence-electron chi connectivity index (χ4n) is 6.50. The zero-order valence-corrected chi connectivity index (χ0v) is 22.0. The first-order valence-corrected chi connectivity index (χ1v) is 13.6. The van der Waals surface area contributed by atoms with E-state index in [2.05, 4.69) is 9.47 Å². The second-order valence-corrected chi connectivity index (χ2v) is 10.9. The minimum atomic E-state index is -0.544. The zero-order chi connectivity index (χ0) is 25.3. The molecule has 1 amide bonds. The van der Waals surface area contributed by atoms with Gasteiger partial charge in [-0.1, -0.05) is 37.3 Å². The number of nitrogens with zero attached hydrogens (tertiary/aromatic N) is 3. The van der Waals surface area contributed by atoms with Crippen LogP contribution in [0.25, 0.3) is 11.0 Å². The monoisotopic (exact) mass is 511 g/mol. The highest BCUT2D eigenvalue weighted by molar-refractivity contribution is 6.30. The Morgan fingerprint density at radius 1 is 1.11 bits per heavy atom. The van der Waals surface area contributed by atoms with Crippen LogP contribution in [0.1, 0.15) is 82.5 Å². The van der Waals surface area contributed by atoms with Gasteiger partial charge in [0.05, 0.1) is 11.0 Å². The van der Waals surface area contributed by atoms with E-state index in [1.807, 2.05) is 31.2 Å². The smallest absolute Gasteiger partial charge is 0.221 e. The Morgan fingerprint density at radius 2 is 1.83 bits per heavy atom. The van der Waals surface area contributed by atoms with E-state index in [-0.39, 0.29) is 24.4 Å². The Bertz CT molecular complexity index is 1240. The Balaban J connectivity index is 1.66. The lowest BCUT2D eigenvalue weighted by Crippen LogP contribution is -2.57. The molecule has 1 heterocycles. The Kier molecular flexibility index (Phi) is 7.25. The first-order valence-electron chi connectivity index (χ1n) is 13.3. The van der Waals surface area contributed by atoms with Gasteiger partial charge >= 0.3 is 0 Å². The minimum absolute atomic E-state index is 0.105. The van der Waals surface area contributed by atoms with E-state index in [9.17, 15) is 9.18 Å². The van der Waals surface area contributed by atoms with Gasteiger partial charge < -0.3 is 14.2 Å². The first kappa shape index (κ1) is 25.1. The molecule has 0 saturated heterocycles. The van der Waals surface area contributed by atoms with E-state index in [1.165, 1.54) is 12.1 Å². The van der Waals surface area contributed by atoms with Crippen molar-refractivity contribution in [2.45, 2.75) is 96.4 Å². The van der Waals surface area contributed by atoms with Crippen LogP contribution in [0.5, 0.6) is 5.75 Å². The average molecular weight is 512 g/mol. The van der Waals surface area contributed by atoms with Gasteiger partial charge in [0.2, 0.25) is 5.91 Å². The molecule has 36 heavy (non-hydrogen) atoms. The van der Waals surface area contributed by atoms with Gasteiger partial charge in [-0.05, 0) is 81.3 Å². The third kappa shape index (κ3) is 4.72. The van der Waals surface area contributed by atoms with E-state index in [0.717, 1.165) is 86.9 Å². The Labute approximate surface area is 217 Å². The van der Waals surface area contributed by atoms with Crippen LogP contribution in [0.4, 0.5) is 4.39 Å². The van der Waals surface area contributed by atoms with Crippen LogP contribution in [-0.4, -0.2) is 26.4 Å². The lowest BCUT2D eigenvalue weighted by molar-refractivity contribution is -0.146. The van der Waals surface area contributed by atoms with Crippen molar-refractivity contribution in [3.63, 3.8) is 0 Å². The van der Waals surface area contributed by atoms with Crippen LogP contribution in [-0.2, 0) is 17.1 Å². The van der Waals surface area contributed by atoms with Crippen LogP contribution in [0, 0.1) is 12.7 Å². The SMILES string of the molecule is CC(=O)N(C1CCCC1)C1(n2c(COc3ccc(Cl)cc3C)nc3cc(F)ccc32)CCCCCC1. The maximum absolute atomic E-state index is 14.3. The van der Waals surface area contributed by atoms with Crippen molar-refractivity contribution in [1.82, 2.24) is 14.5 Å². The molecule has 2 saturated carbocycles. The van der Waals surface area contributed by atoms with Crippen LogP contribution in [0.15, 0.2) is 36.4 Å². The fourth-order valence-corrected chi connectivity index (χ4v) is 6.73. The third-order valence-corrected chi connectivity index (χ3v) is 8.21. The number of hydrogen-bond donors (Lipinski definition) is 0. The predicted molar refractivity (Wildman–Crippen MR) is 141 cm³/mol. The molecular formula is C29H35ClFN3O2. The number of aromatic nitrogens is 2. The summed E-state index contributed by atoms with van der Waals surface area (Å²) in [6, 6.07) is 10.6. The Morgan fingerprint density at radius 3 is 2.50 bits per heavy atom. The maximum Gasteiger partial charge on any atom is 0.221 e. The van der Waals surface area contributed by atoms with Gasteiger partial charge in [0.1, 0.15) is 29.7 Å². The number of carbonyl (C=O) groups is 1. The summed E-state index contributed by atoms with van der Waals surface area (Å²) in [5.74, 6) is 1.24. The molecule has 3 aromatic rings. The highest BCUT2D eigenvalue weighted by Crippen LogP contribution is 2.44. The van der Waals surface area contributed by atoms with E-state index in [0.29, 0.717) is 10.5 Å². The van der Waals surface area contributed by atoms with Gasteiger partial charge in [-0.25, -0.2) is 9.37 Å². The number of benzene rings is 2. The van der Waals surface area contributed by atoms with Crippen molar-refractivity contribution in [1.29, 1.82) is 0 Å². The number of fused-ring (bicyclic) bond motifs is 1. The van der Waals surface area contributed by atoms with Crippen molar-refractivity contribution in [2.75, 3.05) is 0 Å². The Hall–Kier alpha value is -2.60. The van der Waals surface area contributed by atoms with E-state index < -0.39 is 5.66 Å². The van der Waals surface area contributed by atoms with Crippen molar-refractivity contribution in [3.8, 4) is 5.75 Å². The summed E-state index contributed by atoms with van der Waals surface area (Å²) in [4.78, 5) is 20.5. The summed E-state index contributed by atoms with van der Waals surface area (Å²) in [6.45, 7) is 3.89. The molecule has 0 bridgehead atoms. The van der Waals surface area contributed by atoms with Crippen LogP contribution < -0.4 is 4.74 Å². The van der Waals surface area contributed by atoms with Crippen LogP contribution in [0.3, 0.4) is 0 Å². The second-order valence-electron chi connectivity index (χ2n) is 10.4. The highest BCUT2D eigenvalue weighted by Gasteiger charge is 2.46. The number of halogens is 2. The van der Waals surface area contributed by atoms with Crippen molar-refractivity contribution in [3.05, 3.63) is 58.6 Å². The molecule has 2 aromatic carbocycles. The lowest BCUT2D eigenvalue weighted by atomic mass is 9.94. The summed E-state index contributed by atoms with van der Waals surface area (Å²) in [6.07, 6.45) is 10.4. The van der Waals surface area contributed by atoms with Crippen LogP contribution in [0.2, 0.25) is 5.02 Å². The van der Waals surface area contributed by atoms with Crippen molar-refractivity contribution >= 4 is 28.5 Å². The molecule has 0 atom stereocenters. The number of imidazole rings is 1. The fraction of sp³-hybridized carbons (Fsp3) is 0.517. The quantitative estimate of drug-likeness (QED) is 0.321. The number of carbonyl (C=O) groups excluding carboxylic acids is 1. The molecule has 7 heteroatoms. The summed E-state index contributed by atoms with van der Waals surface area (Å²) >= 11 is 6.14. The number of hydrogen-bond acceptors (Lipinski definition) is 3. The predicted octanol–water partition coefficient (Wildman–Crippen LogP) is 7.51. The molecule has 2 aliphatic carbocycles. The van der Waals surface area contributed by atoms with E-state index >= 15 is 0 Å². The average Bonchev–Trinajstić information content (AvgIpc) is 3.41. The normalized spacial score (nSPS) is 18.3. The maximum atomic E-state index is 14.3. The lowest BCUT2D eigenvalue weighted by Gasteiger charge is -2.48. The van der Waals surface area contributed by atoms with Gasteiger partial charge in [-0.3, -0.25) is 4.79 Å².